The molecule has 0 aliphatic rings. The summed E-state index contributed by atoms with van der Waals surface area (Å²) in [5.41, 5.74) is 2.40. The molecule has 2 heterocycles. The van der Waals surface area contributed by atoms with Crippen LogP contribution in [-0.4, -0.2) is 33.7 Å². The third-order valence-corrected chi connectivity index (χ3v) is 3.62. The van der Waals surface area contributed by atoms with Crippen molar-refractivity contribution in [2.75, 3.05) is 13.2 Å². The maximum Gasteiger partial charge on any atom is 0.331 e. The third kappa shape index (κ3) is 3.53. The number of aryl methyl sites for hydroxylation is 1. The molecule has 3 aromatic rings. The summed E-state index contributed by atoms with van der Waals surface area (Å²) in [7, 11) is 0. The number of imidazole rings is 1. The minimum Gasteiger partial charge on any atom is -0.465 e. The van der Waals surface area contributed by atoms with Gasteiger partial charge in [0, 0.05) is 12.7 Å². The number of rotatable bonds is 6. The molecule has 0 fully saturated rings. The zero-order valence-corrected chi connectivity index (χ0v) is 13.6. The molecule has 6 nitrogen and oxygen atoms in total. The highest BCUT2D eigenvalue weighted by molar-refractivity contribution is 5.88. The molecule has 0 unspecified atom stereocenters. The number of amides is 1. The highest BCUT2D eigenvalue weighted by Crippen LogP contribution is 2.18. The predicted octanol–water partition coefficient (Wildman–Crippen LogP) is 3.02. The number of pyridine rings is 1. The molecule has 0 radical (unpaired) electrons. The van der Waals surface area contributed by atoms with E-state index in [4.69, 9.17) is 4.74 Å². The Balaban J connectivity index is 1.66. The van der Waals surface area contributed by atoms with Crippen molar-refractivity contribution >= 4 is 17.2 Å². The number of nitrogens with zero attached hydrogens (tertiary/aromatic N) is 3. The summed E-state index contributed by atoms with van der Waals surface area (Å²) in [5.74, 6) is 0. The molecule has 1 amide bonds. The fourth-order valence-electron chi connectivity index (χ4n) is 2.51. The molecule has 6 heteroatoms. The fourth-order valence-corrected chi connectivity index (χ4v) is 2.51. The van der Waals surface area contributed by atoms with Crippen molar-refractivity contribution in [2.24, 2.45) is 0 Å². The lowest BCUT2D eigenvalue weighted by atomic mass is 10.1. The Hall–Kier alpha value is -2.89. The molecule has 0 aliphatic carbocycles. The molecule has 1 aromatic carbocycles. The quantitative estimate of drug-likeness (QED) is 0.708. The monoisotopic (exact) mass is 324 g/mol. The maximum absolute atomic E-state index is 12.5. The maximum atomic E-state index is 12.5. The SMILES string of the molecule is CCOc1nc2cccnc2n1C(=O)NCCCc1ccccc1. The number of carbonyl (C=O) groups is 1. The molecule has 0 atom stereocenters. The van der Waals surface area contributed by atoms with E-state index in [1.54, 1.807) is 12.3 Å². The van der Waals surface area contributed by atoms with E-state index in [0.717, 1.165) is 12.8 Å². The lowest BCUT2D eigenvalue weighted by Crippen LogP contribution is -2.30. The van der Waals surface area contributed by atoms with Gasteiger partial charge in [-0.3, -0.25) is 0 Å². The van der Waals surface area contributed by atoms with Crippen molar-refractivity contribution in [3.63, 3.8) is 0 Å². The second-order valence-corrected chi connectivity index (χ2v) is 5.33. The van der Waals surface area contributed by atoms with Crippen molar-refractivity contribution < 1.29 is 9.53 Å². The molecule has 24 heavy (non-hydrogen) atoms. The Bertz CT molecular complexity index is 814. The summed E-state index contributed by atoms with van der Waals surface area (Å²) in [4.78, 5) is 21.1. The molecular weight excluding hydrogens is 304 g/mol. The molecule has 1 N–H and O–H groups in total. The van der Waals surface area contributed by atoms with Gasteiger partial charge in [-0.15, -0.1) is 0 Å². The summed E-state index contributed by atoms with van der Waals surface area (Å²) >= 11 is 0. The van der Waals surface area contributed by atoms with Crippen LogP contribution in [0.4, 0.5) is 4.79 Å². The average molecular weight is 324 g/mol. The largest absolute Gasteiger partial charge is 0.465 e. The summed E-state index contributed by atoms with van der Waals surface area (Å²) in [5, 5.41) is 2.91. The summed E-state index contributed by atoms with van der Waals surface area (Å²) < 4.78 is 6.86. The number of nitrogens with one attached hydrogen (secondary N) is 1. The molecule has 0 spiro atoms. The van der Waals surface area contributed by atoms with Gasteiger partial charge in [-0.1, -0.05) is 30.3 Å². The number of aromatic nitrogens is 3. The molecular formula is C18H20N4O2. The molecule has 2 aromatic heterocycles. The van der Waals surface area contributed by atoms with E-state index in [2.05, 4.69) is 27.4 Å². The standard InChI is InChI=1S/C18H20N4O2/c1-2-24-18-21-15-11-7-12-19-16(15)22(18)17(23)20-13-6-10-14-8-4-3-5-9-14/h3-5,7-9,11-12H,2,6,10,13H2,1H3,(H,20,23). The Morgan fingerprint density at radius 1 is 1.21 bits per heavy atom. The fraction of sp³-hybridized carbons (Fsp3) is 0.278. The second-order valence-electron chi connectivity index (χ2n) is 5.33. The van der Waals surface area contributed by atoms with Crippen molar-refractivity contribution in [2.45, 2.75) is 19.8 Å². The van der Waals surface area contributed by atoms with Crippen LogP contribution in [0.1, 0.15) is 18.9 Å². The number of hydrogen-bond acceptors (Lipinski definition) is 4. The number of carbonyl (C=O) groups excluding carboxylic acids is 1. The van der Waals surface area contributed by atoms with E-state index in [-0.39, 0.29) is 12.0 Å². The number of benzene rings is 1. The Morgan fingerprint density at radius 2 is 2.04 bits per heavy atom. The molecule has 0 saturated heterocycles. The van der Waals surface area contributed by atoms with Crippen LogP contribution >= 0.6 is 0 Å². The first-order valence-corrected chi connectivity index (χ1v) is 8.08. The van der Waals surface area contributed by atoms with Gasteiger partial charge >= 0.3 is 12.0 Å². The van der Waals surface area contributed by atoms with Gasteiger partial charge in [-0.05, 0) is 37.5 Å². The predicted molar refractivity (Wildman–Crippen MR) is 92.3 cm³/mol. The zero-order valence-electron chi connectivity index (χ0n) is 13.6. The third-order valence-electron chi connectivity index (χ3n) is 3.62. The second kappa shape index (κ2) is 7.59. The van der Waals surface area contributed by atoms with Crippen LogP contribution in [0.2, 0.25) is 0 Å². The van der Waals surface area contributed by atoms with Crippen LogP contribution in [0.15, 0.2) is 48.7 Å². The molecule has 0 saturated carbocycles. The molecule has 0 aliphatic heterocycles. The van der Waals surface area contributed by atoms with E-state index in [1.165, 1.54) is 10.1 Å². The smallest absolute Gasteiger partial charge is 0.331 e. The van der Waals surface area contributed by atoms with Gasteiger partial charge in [0.05, 0.1) is 6.61 Å². The van der Waals surface area contributed by atoms with Crippen LogP contribution in [-0.2, 0) is 6.42 Å². The molecule has 124 valence electrons. The van der Waals surface area contributed by atoms with Crippen LogP contribution in [0.5, 0.6) is 6.01 Å². The van der Waals surface area contributed by atoms with E-state index in [1.807, 2.05) is 31.2 Å². The van der Waals surface area contributed by atoms with Gasteiger partial charge in [0.1, 0.15) is 5.52 Å². The van der Waals surface area contributed by atoms with Crippen LogP contribution in [0, 0.1) is 0 Å². The van der Waals surface area contributed by atoms with Crippen molar-refractivity contribution in [1.82, 2.24) is 19.9 Å². The van der Waals surface area contributed by atoms with E-state index in [9.17, 15) is 4.79 Å². The lowest BCUT2D eigenvalue weighted by Gasteiger charge is -2.09. The molecule has 0 bridgehead atoms. The van der Waals surface area contributed by atoms with E-state index >= 15 is 0 Å². The van der Waals surface area contributed by atoms with E-state index in [0.29, 0.717) is 24.3 Å². The highest BCUT2D eigenvalue weighted by atomic mass is 16.5. The Kier molecular flexibility index (Phi) is 5.05. The van der Waals surface area contributed by atoms with Crippen LogP contribution in [0.3, 0.4) is 0 Å². The van der Waals surface area contributed by atoms with Gasteiger partial charge in [0.2, 0.25) is 0 Å². The lowest BCUT2D eigenvalue weighted by molar-refractivity contribution is 0.235. The number of hydrogen-bond donors (Lipinski definition) is 1. The molecule has 3 rings (SSSR count). The van der Waals surface area contributed by atoms with Crippen molar-refractivity contribution in [3.8, 4) is 6.01 Å². The Morgan fingerprint density at radius 3 is 2.83 bits per heavy atom. The van der Waals surface area contributed by atoms with Gasteiger partial charge in [0.15, 0.2) is 5.65 Å². The van der Waals surface area contributed by atoms with Crippen LogP contribution < -0.4 is 10.1 Å². The normalized spacial score (nSPS) is 10.7. The van der Waals surface area contributed by atoms with Crippen molar-refractivity contribution in [3.05, 3.63) is 54.2 Å². The van der Waals surface area contributed by atoms with Gasteiger partial charge in [0.25, 0.3) is 0 Å². The first-order chi connectivity index (χ1) is 11.8. The first-order valence-electron chi connectivity index (χ1n) is 8.08. The van der Waals surface area contributed by atoms with E-state index < -0.39 is 0 Å². The van der Waals surface area contributed by atoms with Gasteiger partial charge < -0.3 is 10.1 Å². The minimum absolute atomic E-state index is 0.270. The first kappa shape index (κ1) is 16.0. The van der Waals surface area contributed by atoms with Gasteiger partial charge in [-0.25, -0.2) is 9.78 Å². The van der Waals surface area contributed by atoms with Crippen LogP contribution in [0.25, 0.3) is 11.2 Å². The highest BCUT2D eigenvalue weighted by Gasteiger charge is 2.18. The average Bonchev–Trinajstić information content (AvgIpc) is 2.98. The number of ether oxygens (including phenoxy) is 1. The number of fused-ring (bicyclic) bond motifs is 1. The van der Waals surface area contributed by atoms with Gasteiger partial charge in [-0.2, -0.15) is 9.55 Å². The summed E-state index contributed by atoms with van der Waals surface area (Å²) in [6.45, 7) is 2.87. The topological polar surface area (TPSA) is 69.0 Å². The zero-order chi connectivity index (χ0) is 16.8. The van der Waals surface area contributed by atoms with Crippen molar-refractivity contribution in [1.29, 1.82) is 0 Å². The minimum atomic E-state index is -0.271. The Labute approximate surface area is 140 Å². The summed E-state index contributed by atoms with van der Waals surface area (Å²) in [6, 6.07) is 13.8. The summed E-state index contributed by atoms with van der Waals surface area (Å²) in [6.07, 6.45) is 3.42.